The molecule has 1 heterocycles. The van der Waals surface area contributed by atoms with Crippen molar-refractivity contribution in [3.05, 3.63) is 58.4 Å². The Morgan fingerprint density at radius 1 is 1.24 bits per heavy atom. The zero-order valence-corrected chi connectivity index (χ0v) is 14.6. The van der Waals surface area contributed by atoms with Gasteiger partial charge in [0.15, 0.2) is 0 Å². The number of halogens is 1. The Hall–Kier alpha value is -2.11. The van der Waals surface area contributed by atoms with E-state index in [-0.39, 0.29) is 18.5 Å². The van der Waals surface area contributed by atoms with E-state index >= 15 is 0 Å². The first-order chi connectivity index (χ1) is 12.1. The molecule has 0 aromatic heterocycles. The highest BCUT2D eigenvalue weighted by Gasteiger charge is 2.21. The Bertz CT molecular complexity index is 748. The van der Waals surface area contributed by atoms with Crippen LogP contribution in [0.1, 0.15) is 36.1 Å². The third kappa shape index (κ3) is 4.11. The van der Waals surface area contributed by atoms with Crippen molar-refractivity contribution >= 4 is 0 Å². The molecule has 0 amide bonds. The van der Waals surface area contributed by atoms with Crippen LogP contribution < -0.4 is 14.8 Å². The number of hydrogen-bond acceptors (Lipinski definition) is 4. The van der Waals surface area contributed by atoms with E-state index in [1.807, 2.05) is 13.0 Å². The third-order valence-corrected chi connectivity index (χ3v) is 4.30. The maximum absolute atomic E-state index is 13.4. The zero-order chi connectivity index (χ0) is 17.8. The Morgan fingerprint density at radius 3 is 2.84 bits per heavy atom. The first kappa shape index (κ1) is 17.7. The van der Waals surface area contributed by atoms with Gasteiger partial charge in [0, 0.05) is 36.2 Å². The van der Waals surface area contributed by atoms with E-state index < -0.39 is 0 Å². The molecular weight excluding hydrogens is 321 g/mol. The van der Waals surface area contributed by atoms with E-state index in [2.05, 4.69) is 18.3 Å². The van der Waals surface area contributed by atoms with Crippen molar-refractivity contribution in [2.24, 2.45) is 0 Å². The molecule has 0 radical (unpaired) electrons. The minimum absolute atomic E-state index is 0.198. The Labute approximate surface area is 147 Å². The summed E-state index contributed by atoms with van der Waals surface area (Å²) in [7, 11) is 0. The first-order valence-corrected chi connectivity index (χ1v) is 8.64. The second-order valence-corrected chi connectivity index (χ2v) is 6.32. The molecule has 1 aliphatic heterocycles. The largest absolute Gasteiger partial charge is 0.494 e. The summed E-state index contributed by atoms with van der Waals surface area (Å²) in [5.74, 6) is 1.42. The van der Waals surface area contributed by atoms with Gasteiger partial charge in [0.1, 0.15) is 23.4 Å². The zero-order valence-electron chi connectivity index (χ0n) is 14.6. The fourth-order valence-electron chi connectivity index (χ4n) is 3.11. The lowest BCUT2D eigenvalue weighted by atomic mass is 10.1. The van der Waals surface area contributed by atoms with Crippen LogP contribution in [0.2, 0.25) is 0 Å². The molecule has 0 saturated carbocycles. The van der Waals surface area contributed by atoms with Crippen LogP contribution in [0.25, 0.3) is 0 Å². The number of nitrogens with one attached hydrogen (secondary N) is 1. The summed E-state index contributed by atoms with van der Waals surface area (Å²) < 4.78 is 25.1. The molecule has 5 heteroatoms. The molecule has 4 nitrogen and oxygen atoms in total. The lowest BCUT2D eigenvalue weighted by molar-refractivity contribution is 0.254. The second kappa shape index (κ2) is 7.85. The van der Waals surface area contributed by atoms with Crippen molar-refractivity contribution in [3.63, 3.8) is 0 Å². The quantitative estimate of drug-likeness (QED) is 0.808. The number of benzene rings is 2. The van der Waals surface area contributed by atoms with Crippen molar-refractivity contribution < 1.29 is 19.0 Å². The van der Waals surface area contributed by atoms with E-state index in [0.29, 0.717) is 25.3 Å². The van der Waals surface area contributed by atoms with Crippen LogP contribution in [0.15, 0.2) is 30.3 Å². The van der Waals surface area contributed by atoms with Gasteiger partial charge in [-0.05, 0) is 43.7 Å². The van der Waals surface area contributed by atoms with Gasteiger partial charge in [0.25, 0.3) is 0 Å². The molecule has 25 heavy (non-hydrogen) atoms. The van der Waals surface area contributed by atoms with Gasteiger partial charge >= 0.3 is 0 Å². The molecule has 2 aromatic rings. The second-order valence-electron chi connectivity index (χ2n) is 6.32. The summed E-state index contributed by atoms with van der Waals surface area (Å²) in [6.07, 6.45) is 1.10. The van der Waals surface area contributed by atoms with E-state index in [1.54, 1.807) is 12.1 Å². The monoisotopic (exact) mass is 345 g/mol. The van der Waals surface area contributed by atoms with Gasteiger partial charge in [-0.15, -0.1) is 0 Å². The number of ether oxygens (including phenoxy) is 2. The topological polar surface area (TPSA) is 50.7 Å². The highest BCUT2D eigenvalue weighted by atomic mass is 19.1. The van der Waals surface area contributed by atoms with Crippen LogP contribution in [0.5, 0.6) is 11.5 Å². The van der Waals surface area contributed by atoms with E-state index in [1.165, 1.54) is 11.6 Å². The SMILES string of the molecule is CCOc1cc2c(cc1CNCc1ccc(F)c(CO)c1)OC(C)C2. The number of aliphatic hydroxyl groups is 1. The van der Waals surface area contributed by atoms with Crippen LogP contribution >= 0.6 is 0 Å². The summed E-state index contributed by atoms with van der Waals surface area (Å²) >= 11 is 0. The number of aliphatic hydroxyl groups excluding tert-OH is 1. The molecule has 1 atom stereocenters. The Kier molecular flexibility index (Phi) is 5.56. The van der Waals surface area contributed by atoms with Crippen LogP contribution in [0.3, 0.4) is 0 Å². The molecule has 0 saturated heterocycles. The van der Waals surface area contributed by atoms with Crippen molar-refractivity contribution in [3.8, 4) is 11.5 Å². The van der Waals surface area contributed by atoms with Gasteiger partial charge in [-0.1, -0.05) is 6.07 Å². The van der Waals surface area contributed by atoms with Crippen LogP contribution in [0.4, 0.5) is 4.39 Å². The highest BCUT2D eigenvalue weighted by molar-refractivity contribution is 5.48. The number of fused-ring (bicyclic) bond motifs is 1. The first-order valence-electron chi connectivity index (χ1n) is 8.64. The summed E-state index contributed by atoms with van der Waals surface area (Å²) in [4.78, 5) is 0. The van der Waals surface area contributed by atoms with Gasteiger partial charge in [-0.25, -0.2) is 4.39 Å². The molecule has 2 N–H and O–H groups in total. The minimum atomic E-state index is -0.380. The van der Waals surface area contributed by atoms with Crippen LogP contribution in [-0.4, -0.2) is 17.8 Å². The molecule has 1 unspecified atom stereocenters. The summed E-state index contributed by atoms with van der Waals surface area (Å²) in [6.45, 7) is 5.54. The molecule has 1 aliphatic rings. The van der Waals surface area contributed by atoms with E-state index in [9.17, 15) is 4.39 Å². The Morgan fingerprint density at radius 2 is 2.08 bits per heavy atom. The van der Waals surface area contributed by atoms with Crippen molar-refractivity contribution in [2.75, 3.05) is 6.61 Å². The highest BCUT2D eigenvalue weighted by Crippen LogP contribution is 2.35. The summed E-state index contributed by atoms with van der Waals surface area (Å²) in [6, 6.07) is 8.90. The summed E-state index contributed by atoms with van der Waals surface area (Å²) in [5.41, 5.74) is 3.47. The maximum Gasteiger partial charge on any atom is 0.128 e. The fraction of sp³-hybridized carbons (Fsp3) is 0.400. The third-order valence-electron chi connectivity index (χ3n) is 4.30. The van der Waals surface area contributed by atoms with Crippen LogP contribution in [0, 0.1) is 5.82 Å². The van der Waals surface area contributed by atoms with Crippen molar-refractivity contribution in [1.82, 2.24) is 5.32 Å². The normalized spacial score (nSPS) is 15.8. The molecular formula is C20H24FNO3. The lowest BCUT2D eigenvalue weighted by Gasteiger charge is -2.13. The van der Waals surface area contributed by atoms with Crippen molar-refractivity contribution in [1.29, 1.82) is 0 Å². The fourth-order valence-corrected chi connectivity index (χ4v) is 3.11. The molecule has 3 rings (SSSR count). The molecule has 0 spiro atoms. The van der Waals surface area contributed by atoms with Gasteiger partial charge in [-0.2, -0.15) is 0 Å². The smallest absolute Gasteiger partial charge is 0.128 e. The van der Waals surface area contributed by atoms with Gasteiger partial charge in [0.2, 0.25) is 0 Å². The average Bonchev–Trinajstić information content (AvgIpc) is 2.95. The van der Waals surface area contributed by atoms with Crippen molar-refractivity contribution in [2.45, 2.75) is 46.1 Å². The predicted octanol–water partition coefficient (Wildman–Crippen LogP) is 3.33. The lowest BCUT2D eigenvalue weighted by Crippen LogP contribution is -2.14. The molecule has 2 aromatic carbocycles. The minimum Gasteiger partial charge on any atom is -0.494 e. The van der Waals surface area contributed by atoms with E-state index in [0.717, 1.165) is 29.0 Å². The molecule has 0 fully saturated rings. The molecule has 134 valence electrons. The molecule has 0 aliphatic carbocycles. The standard InChI is InChI=1S/C20H24FNO3/c1-3-24-19-8-15-6-13(2)25-20(15)9-16(19)11-22-10-14-4-5-18(21)17(7-14)12-23/h4-5,7-9,13,22-23H,3,6,10-12H2,1-2H3. The van der Waals surface area contributed by atoms with Crippen LogP contribution in [-0.2, 0) is 26.1 Å². The summed E-state index contributed by atoms with van der Waals surface area (Å²) in [5, 5.41) is 12.5. The maximum atomic E-state index is 13.4. The Balaban J connectivity index is 1.69. The van der Waals surface area contributed by atoms with Gasteiger partial charge in [0.05, 0.1) is 13.2 Å². The van der Waals surface area contributed by atoms with E-state index in [4.69, 9.17) is 14.6 Å². The van der Waals surface area contributed by atoms with Gasteiger partial charge < -0.3 is 19.9 Å². The predicted molar refractivity (Wildman–Crippen MR) is 94.3 cm³/mol. The number of hydrogen-bond donors (Lipinski definition) is 2. The average molecular weight is 345 g/mol. The number of rotatable bonds is 7. The van der Waals surface area contributed by atoms with Gasteiger partial charge in [-0.3, -0.25) is 0 Å². The molecule has 0 bridgehead atoms.